The zero-order chi connectivity index (χ0) is 20.8. The average molecular weight is 464 g/mol. The third kappa shape index (κ3) is 4.45. The Kier molecular flexibility index (Phi) is 7.25. The average Bonchev–Trinajstić information content (AvgIpc) is 2.76. The van der Waals surface area contributed by atoms with Gasteiger partial charge >= 0.3 is 0 Å². The number of methoxy groups -OCH3 is 3. The minimum Gasteiger partial charge on any atom is -0.493 e. The zero-order valence-corrected chi connectivity index (χ0v) is 18.5. The zero-order valence-electron chi connectivity index (χ0n) is 16.9. The number of para-hydroxylation sites is 2. The van der Waals surface area contributed by atoms with Crippen molar-refractivity contribution in [2.24, 2.45) is 0 Å². The first-order valence-corrected chi connectivity index (χ1v) is 10.7. The number of carbonyl (C=O) groups excluding carboxylic acids is 1. The van der Waals surface area contributed by atoms with Crippen LogP contribution in [0, 0.1) is 0 Å². The number of fused-ring (bicyclic) bond motifs is 1. The molecule has 6 nitrogen and oxygen atoms in total. The highest BCUT2D eigenvalue weighted by Gasteiger charge is 2.36. The number of anilines is 1. The van der Waals surface area contributed by atoms with Gasteiger partial charge < -0.3 is 23.8 Å². The first-order chi connectivity index (χ1) is 14.1. The number of amides is 1. The molecule has 0 saturated heterocycles. The van der Waals surface area contributed by atoms with Crippen molar-refractivity contribution in [1.82, 2.24) is 0 Å². The molecule has 1 aliphatic rings. The highest BCUT2D eigenvalue weighted by atomic mass is 79.9. The first kappa shape index (κ1) is 21.3. The number of carbonyl (C=O) groups is 1. The Morgan fingerprint density at radius 2 is 1.69 bits per heavy atom. The molecule has 0 spiro atoms. The van der Waals surface area contributed by atoms with Gasteiger partial charge in [0.25, 0.3) is 5.91 Å². The normalized spacial score (nSPS) is 15.5. The molecule has 3 rings (SSSR count). The van der Waals surface area contributed by atoms with E-state index in [1.54, 1.807) is 33.5 Å². The molecule has 1 unspecified atom stereocenters. The van der Waals surface area contributed by atoms with E-state index in [0.717, 1.165) is 30.3 Å². The van der Waals surface area contributed by atoms with Crippen molar-refractivity contribution in [3.63, 3.8) is 0 Å². The van der Waals surface area contributed by atoms with E-state index in [9.17, 15) is 4.79 Å². The Balaban J connectivity index is 1.97. The summed E-state index contributed by atoms with van der Waals surface area (Å²) in [6.45, 7) is 0.646. The molecule has 0 aromatic heterocycles. The van der Waals surface area contributed by atoms with Crippen LogP contribution in [0.3, 0.4) is 0 Å². The summed E-state index contributed by atoms with van der Waals surface area (Å²) >= 11 is 3.46. The van der Waals surface area contributed by atoms with Crippen LogP contribution in [0.5, 0.6) is 23.0 Å². The van der Waals surface area contributed by atoms with Crippen LogP contribution in [0.15, 0.2) is 36.4 Å². The summed E-state index contributed by atoms with van der Waals surface area (Å²) < 4.78 is 22.4. The lowest BCUT2D eigenvalue weighted by Gasteiger charge is -2.35. The van der Waals surface area contributed by atoms with Crippen LogP contribution in [0.2, 0.25) is 0 Å². The van der Waals surface area contributed by atoms with E-state index in [2.05, 4.69) is 15.9 Å². The lowest BCUT2D eigenvalue weighted by Crippen LogP contribution is -2.41. The van der Waals surface area contributed by atoms with E-state index in [1.165, 1.54) is 0 Å². The van der Waals surface area contributed by atoms with E-state index >= 15 is 0 Å². The molecule has 29 heavy (non-hydrogen) atoms. The van der Waals surface area contributed by atoms with Crippen LogP contribution in [-0.2, 0) is 4.79 Å². The van der Waals surface area contributed by atoms with Crippen molar-refractivity contribution < 1.29 is 23.7 Å². The standard InChI is InChI=1S/C22H26BrNO5/c1-26-18-13-15(14-19(27-2)21(18)28-3)20-22(25)24(12-8-4-7-11-23)16-9-5-6-10-17(16)29-20/h5-6,9-10,13-14,20H,4,7-8,11-12H2,1-3H3. The molecule has 1 heterocycles. The highest BCUT2D eigenvalue weighted by molar-refractivity contribution is 9.09. The van der Waals surface area contributed by atoms with Gasteiger partial charge in [-0.05, 0) is 37.1 Å². The van der Waals surface area contributed by atoms with Crippen molar-refractivity contribution in [2.75, 3.05) is 38.1 Å². The topological polar surface area (TPSA) is 57.2 Å². The molecule has 0 fully saturated rings. The van der Waals surface area contributed by atoms with Gasteiger partial charge in [-0.2, -0.15) is 0 Å². The molecule has 1 aliphatic heterocycles. The maximum absolute atomic E-state index is 13.4. The molecule has 1 atom stereocenters. The van der Waals surface area contributed by atoms with Crippen LogP contribution >= 0.6 is 15.9 Å². The van der Waals surface area contributed by atoms with Crippen molar-refractivity contribution >= 4 is 27.5 Å². The molecular weight excluding hydrogens is 438 g/mol. The summed E-state index contributed by atoms with van der Waals surface area (Å²) in [6.07, 6.45) is 2.27. The number of ether oxygens (including phenoxy) is 4. The molecule has 0 N–H and O–H groups in total. The van der Waals surface area contributed by atoms with Crippen molar-refractivity contribution in [3.8, 4) is 23.0 Å². The third-order valence-electron chi connectivity index (χ3n) is 4.90. The number of benzene rings is 2. The van der Waals surface area contributed by atoms with Gasteiger partial charge in [-0.15, -0.1) is 0 Å². The second-order valence-corrected chi connectivity index (χ2v) is 7.46. The fourth-order valence-corrected chi connectivity index (χ4v) is 3.85. The monoisotopic (exact) mass is 463 g/mol. The molecular formula is C22H26BrNO5. The van der Waals surface area contributed by atoms with E-state index in [1.807, 2.05) is 29.2 Å². The smallest absolute Gasteiger partial charge is 0.272 e. The second kappa shape index (κ2) is 9.87. The number of rotatable bonds is 9. The molecule has 0 radical (unpaired) electrons. The van der Waals surface area contributed by atoms with Gasteiger partial charge in [0.2, 0.25) is 11.9 Å². The molecule has 0 aliphatic carbocycles. The number of unbranched alkanes of at least 4 members (excludes halogenated alkanes) is 2. The van der Waals surface area contributed by atoms with Gasteiger partial charge in [-0.1, -0.05) is 34.5 Å². The number of alkyl halides is 1. The Bertz CT molecular complexity index is 832. The Morgan fingerprint density at radius 3 is 2.31 bits per heavy atom. The quantitative estimate of drug-likeness (QED) is 0.396. The van der Waals surface area contributed by atoms with Crippen molar-refractivity contribution in [2.45, 2.75) is 25.4 Å². The Hall–Kier alpha value is -2.41. The summed E-state index contributed by atoms with van der Waals surface area (Å²) in [4.78, 5) is 15.2. The van der Waals surface area contributed by atoms with Gasteiger partial charge in [0.1, 0.15) is 5.75 Å². The van der Waals surface area contributed by atoms with E-state index in [-0.39, 0.29) is 5.91 Å². The predicted molar refractivity (Wildman–Crippen MR) is 116 cm³/mol. The lowest BCUT2D eigenvalue weighted by molar-refractivity contribution is -0.126. The number of hydrogen-bond acceptors (Lipinski definition) is 5. The Morgan fingerprint density at radius 1 is 1.00 bits per heavy atom. The molecule has 0 bridgehead atoms. The summed E-state index contributed by atoms with van der Waals surface area (Å²) in [5.41, 5.74) is 1.46. The largest absolute Gasteiger partial charge is 0.493 e. The van der Waals surface area contributed by atoms with Crippen molar-refractivity contribution in [3.05, 3.63) is 42.0 Å². The van der Waals surface area contributed by atoms with Crippen LogP contribution in [-0.4, -0.2) is 39.1 Å². The fourth-order valence-electron chi connectivity index (χ4n) is 3.45. The molecule has 7 heteroatoms. The maximum Gasteiger partial charge on any atom is 0.272 e. The SMILES string of the molecule is COc1cc(C2Oc3ccccc3N(CCCCCBr)C2=O)cc(OC)c1OC. The van der Waals surface area contributed by atoms with Gasteiger partial charge in [-0.25, -0.2) is 0 Å². The van der Waals surface area contributed by atoms with Crippen molar-refractivity contribution in [1.29, 1.82) is 0 Å². The van der Waals surface area contributed by atoms with Gasteiger partial charge in [0.05, 0.1) is 27.0 Å². The summed E-state index contributed by atoms with van der Waals surface area (Å²) in [5, 5.41) is 0.967. The molecule has 0 saturated carbocycles. The Labute approximate surface area is 179 Å². The fraction of sp³-hybridized carbons (Fsp3) is 0.409. The second-order valence-electron chi connectivity index (χ2n) is 6.66. The number of halogens is 1. The first-order valence-electron chi connectivity index (χ1n) is 9.57. The van der Waals surface area contributed by atoms with E-state index in [0.29, 0.717) is 35.1 Å². The third-order valence-corrected chi connectivity index (χ3v) is 5.46. The molecule has 1 amide bonds. The van der Waals surface area contributed by atoms with Gasteiger partial charge in [0, 0.05) is 17.4 Å². The van der Waals surface area contributed by atoms with Crippen LogP contribution in [0.4, 0.5) is 5.69 Å². The highest BCUT2D eigenvalue weighted by Crippen LogP contribution is 2.44. The van der Waals surface area contributed by atoms with Gasteiger partial charge in [-0.3, -0.25) is 4.79 Å². The lowest BCUT2D eigenvalue weighted by atomic mass is 10.0. The molecule has 156 valence electrons. The summed E-state index contributed by atoms with van der Waals surface area (Å²) in [6, 6.07) is 11.2. The number of hydrogen-bond donors (Lipinski definition) is 0. The van der Waals surface area contributed by atoms with E-state index < -0.39 is 6.10 Å². The summed E-state index contributed by atoms with van der Waals surface area (Å²) in [5.74, 6) is 2.04. The number of nitrogens with zero attached hydrogens (tertiary/aromatic N) is 1. The minimum atomic E-state index is -0.783. The van der Waals surface area contributed by atoms with E-state index in [4.69, 9.17) is 18.9 Å². The van der Waals surface area contributed by atoms with Gasteiger partial charge in [0.15, 0.2) is 11.5 Å². The predicted octanol–water partition coefficient (Wildman–Crippen LogP) is 4.74. The maximum atomic E-state index is 13.4. The van der Waals surface area contributed by atoms with Crippen LogP contribution in [0.25, 0.3) is 0 Å². The molecule has 2 aromatic carbocycles. The molecule has 2 aromatic rings. The summed E-state index contributed by atoms with van der Waals surface area (Å²) in [7, 11) is 4.65. The van der Waals surface area contributed by atoms with Crippen LogP contribution in [0.1, 0.15) is 30.9 Å². The van der Waals surface area contributed by atoms with Crippen LogP contribution < -0.4 is 23.8 Å². The minimum absolute atomic E-state index is 0.100.